The number of benzene rings is 1. The Morgan fingerprint density at radius 2 is 2.33 bits per heavy atom. The molecular weight excluding hydrogens is 343 g/mol. The highest BCUT2D eigenvalue weighted by molar-refractivity contribution is 14.1. The molecule has 0 aromatic heterocycles. The van der Waals surface area contributed by atoms with Crippen molar-refractivity contribution in [3.63, 3.8) is 0 Å². The molecule has 1 fully saturated rings. The molecule has 1 heterocycles. The first kappa shape index (κ1) is 13.3. The lowest BCUT2D eigenvalue weighted by molar-refractivity contribution is -0.119. The van der Waals surface area contributed by atoms with Gasteiger partial charge in [-0.3, -0.25) is 9.59 Å². The number of hydrogen-bond donors (Lipinski definition) is 2. The van der Waals surface area contributed by atoms with Gasteiger partial charge >= 0.3 is 0 Å². The summed E-state index contributed by atoms with van der Waals surface area (Å²) in [7, 11) is 0. The highest BCUT2D eigenvalue weighted by Crippen LogP contribution is 2.16. The third kappa shape index (κ3) is 3.01. The molecule has 0 radical (unpaired) electrons. The molecule has 1 aromatic carbocycles. The van der Waals surface area contributed by atoms with Crippen molar-refractivity contribution in [1.29, 1.82) is 0 Å². The van der Waals surface area contributed by atoms with E-state index in [0.29, 0.717) is 18.5 Å². The molecule has 0 spiro atoms. The second kappa shape index (κ2) is 5.69. The Bertz CT molecular complexity index is 488. The van der Waals surface area contributed by atoms with Crippen molar-refractivity contribution < 1.29 is 9.59 Å². The maximum atomic E-state index is 12.0. The minimum absolute atomic E-state index is 0.0689. The van der Waals surface area contributed by atoms with Gasteiger partial charge in [0.1, 0.15) is 0 Å². The van der Waals surface area contributed by atoms with E-state index in [1.807, 2.05) is 25.1 Å². The van der Waals surface area contributed by atoms with Crippen LogP contribution in [-0.2, 0) is 4.79 Å². The van der Waals surface area contributed by atoms with Crippen LogP contribution in [0.4, 0.5) is 0 Å². The average Bonchev–Trinajstić information content (AvgIpc) is 2.76. The average molecular weight is 358 g/mol. The van der Waals surface area contributed by atoms with Crippen LogP contribution >= 0.6 is 22.6 Å². The summed E-state index contributed by atoms with van der Waals surface area (Å²) in [5, 5.41) is 5.70. The molecule has 0 aliphatic carbocycles. The summed E-state index contributed by atoms with van der Waals surface area (Å²) in [6.45, 7) is 2.48. The standard InChI is InChI=1S/C13H15IN2O2/c1-8-3-2-4-10(12(8)14)13(18)15-7-9-5-6-11(17)16-9/h2-4,9H,5-7H2,1H3,(H,15,18)(H,16,17). The van der Waals surface area contributed by atoms with Gasteiger partial charge in [-0.1, -0.05) is 12.1 Å². The van der Waals surface area contributed by atoms with Crippen molar-refractivity contribution in [2.45, 2.75) is 25.8 Å². The molecule has 0 saturated carbocycles. The van der Waals surface area contributed by atoms with E-state index in [1.165, 1.54) is 0 Å². The molecule has 5 heteroatoms. The first-order valence-corrected chi connectivity index (χ1v) is 6.98. The Hall–Kier alpha value is -1.11. The zero-order valence-corrected chi connectivity index (χ0v) is 12.3. The van der Waals surface area contributed by atoms with Gasteiger partial charge in [0.15, 0.2) is 0 Å². The zero-order chi connectivity index (χ0) is 13.1. The fourth-order valence-corrected chi connectivity index (χ4v) is 2.57. The highest BCUT2D eigenvalue weighted by Gasteiger charge is 2.21. The minimum atomic E-state index is -0.0794. The van der Waals surface area contributed by atoms with Crippen LogP contribution in [0.15, 0.2) is 18.2 Å². The highest BCUT2D eigenvalue weighted by atomic mass is 127. The van der Waals surface area contributed by atoms with Crippen LogP contribution in [0, 0.1) is 10.5 Å². The molecule has 1 atom stereocenters. The van der Waals surface area contributed by atoms with E-state index in [4.69, 9.17) is 0 Å². The van der Waals surface area contributed by atoms with Crippen LogP contribution in [0.2, 0.25) is 0 Å². The number of amides is 2. The number of carbonyl (C=O) groups is 2. The van der Waals surface area contributed by atoms with Gasteiger partial charge in [-0.15, -0.1) is 0 Å². The summed E-state index contributed by atoms with van der Waals surface area (Å²) >= 11 is 2.18. The van der Waals surface area contributed by atoms with Crippen molar-refractivity contribution in [3.8, 4) is 0 Å². The Kier molecular flexibility index (Phi) is 4.21. The summed E-state index contributed by atoms with van der Waals surface area (Å²) < 4.78 is 0.975. The van der Waals surface area contributed by atoms with Gasteiger partial charge in [0.05, 0.1) is 5.56 Å². The Labute approximate surface area is 120 Å². The smallest absolute Gasteiger partial charge is 0.252 e. The molecule has 1 aliphatic rings. The fourth-order valence-electron chi connectivity index (χ4n) is 1.96. The molecule has 4 nitrogen and oxygen atoms in total. The topological polar surface area (TPSA) is 58.2 Å². The van der Waals surface area contributed by atoms with E-state index in [-0.39, 0.29) is 17.9 Å². The van der Waals surface area contributed by atoms with Crippen molar-refractivity contribution in [2.24, 2.45) is 0 Å². The largest absolute Gasteiger partial charge is 0.352 e. The van der Waals surface area contributed by atoms with Gasteiger partial charge in [-0.2, -0.15) is 0 Å². The molecule has 2 N–H and O–H groups in total. The van der Waals surface area contributed by atoms with Crippen LogP contribution in [0.5, 0.6) is 0 Å². The van der Waals surface area contributed by atoms with E-state index in [0.717, 1.165) is 15.6 Å². The van der Waals surface area contributed by atoms with Crippen LogP contribution in [0.25, 0.3) is 0 Å². The van der Waals surface area contributed by atoms with Gasteiger partial charge in [0, 0.05) is 22.6 Å². The maximum Gasteiger partial charge on any atom is 0.252 e. The minimum Gasteiger partial charge on any atom is -0.352 e. The lowest BCUT2D eigenvalue weighted by Gasteiger charge is -2.12. The summed E-state index contributed by atoms with van der Waals surface area (Å²) in [5.41, 5.74) is 1.79. The lowest BCUT2D eigenvalue weighted by Crippen LogP contribution is -2.38. The molecule has 1 aromatic rings. The van der Waals surface area contributed by atoms with Gasteiger partial charge < -0.3 is 10.6 Å². The second-order valence-corrected chi connectivity index (χ2v) is 5.53. The first-order chi connectivity index (χ1) is 8.58. The summed E-state index contributed by atoms with van der Waals surface area (Å²) in [6, 6.07) is 5.75. The molecule has 1 saturated heterocycles. The number of nitrogens with one attached hydrogen (secondary N) is 2. The molecule has 18 heavy (non-hydrogen) atoms. The van der Waals surface area contributed by atoms with Crippen LogP contribution in [0.3, 0.4) is 0 Å². The van der Waals surface area contributed by atoms with Gasteiger partial charge in [-0.05, 0) is 47.6 Å². The predicted octanol–water partition coefficient (Wildman–Crippen LogP) is 1.61. The van der Waals surface area contributed by atoms with Crippen LogP contribution < -0.4 is 10.6 Å². The SMILES string of the molecule is Cc1cccc(C(=O)NCC2CCC(=O)N2)c1I. The number of aryl methyl sites for hydroxylation is 1. The van der Waals surface area contributed by atoms with Gasteiger partial charge in [0.25, 0.3) is 5.91 Å². The number of rotatable bonds is 3. The van der Waals surface area contributed by atoms with E-state index in [2.05, 4.69) is 33.2 Å². The molecular formula is C13H15IN2O2. The van der Waals surface area contributed by atoms with E-state index in [9.17, 15) is 9.59 Å². The molecule has 1 unspecified atom stereocenters. The zero-order valence-electron chi connectivity index (χ0n) is 10.1. The maximum absolute atomic E-state index is 12.0. The lowest BCUT2D eigenvalue weighted by atomic mass is 10.1. The number of carbonyl (C=O) groups excluding carboxylic acids is 2. The van der Waals surface area contributed by atoms with Gasteiger partial charge in [0.2, 0.25) is 5.91 Å². The van der Waals surface area contributed by atoms with Crippen LogP contribution in [-0.4, -0.2) is 24.4 Å². The Balaban J connectivity index is 1.95. The normalized spacial score (nSPS) is 18.6. The monoisotopic (exact) mass is 358 g/mol. The Morgan fingerprint density at radius 1 is 1.56 bits per heavy atom. The molecule has 96 valence electrons. The quantitative estimate of drug-likeness (QED) is 0.807. The molecule has 2 amide bonds. The number of hydrogen-bond acceptors (Lipinski definition) is 2. The fraction of sp³-hybridized carbons (Fsp3) is 0.385. The Morgan fingerprint density at radius 3 is 3.00 bits per heavy atom. The second-order valence-electron chi connectivity index (χ2n) is 4.45. The molecule has 2 rings (SSSR count). The summed E-state index contributed by atoms with van der Waals surface area (Å²) in [5.74, 6) is -0.0105. The number of halogens is 1. The van der Waals surface area contributed by atoms with Crippen molar-refractivity contribution in [3.05, 3.63) is 32.9 Å². The van der Waals surface area contributed by atoms with Crippen molar-refractivity contribution >= 4 is 34.4 Å². The van der Waals surface area contributed by atoms with E-state index < -0.39 is 0 Å². The van der Waals surface area contributed by atoms with Crippen molar-refractivity contribution in [1.82, 2.24) is 10.6 Å². The van der Waals surface area contributed by atoms with E-state index >= 15 is 0 Å². The summed E-state index contributed by atoms with van der Waals surface area (Å²) in [4.78, 5) is 23.1. The molecule has 0 bridgehead atoms. The van der Waals surface area contributed by atoms with Crippen LogP contribution in [0.1, 0.15) is 28.8 Å². The first-order valence-electron chi connectivity index (χ1n) is 5.90. The summed E-state index contributed by atoms with van der Waals surface area (Å²) in [6.07, 6.45) is 1.35. The molecule has 1 aliphatic heterocycles. The third-order valence-electron chi connectivity index (χ3n) is 3.03. The van der Waals surface area contributed by atoms with E-state index in [1.54, 1.807) is 0 Å². The van der Waals surface area contributed by atoms with Gasteiger partial charge in [-0.25, -0.2) is 0 Å². The third-order valence-corrected chi connectivity index (χ3v) is 4.46. The predicted molar refractivity (Wildman–Crippen MR) is 77.4 cm³/mol. The van der Waals surface area contributed by atoms with Crippen molar-refractivity contribution in [2.75, 3.05) is 6.54 Å².